The third-order valence-corrected chi connectivity index (χ3v) is 5.54. The minimum Gasteiger partial charge on any atom is -0.363 e. The molecular formula is C20H25FN4O2. The van der Waals surface area contributed by atoms with Crippen LogP contribution in [0.4, 0.5) is 10.1 Å². The number of hydrogen-bond donors (Lipinski definition) is 0. The van der Waals surface area contributed by atoms with Crippen molar-refractivity contribution in [2.75, 3.05) is 31.1 Å². The van der Waals surface area contributed by atoms with Gasteiger partial charge in [-0.05, 0) is 50.1 Å². The van der Waals surface area contributed by atoms with Gasteiger partial charge in [0, 0.05) is 37.6 Å². The first-order valence-corrected chi connectivity index (χ1v) is 9.43. The van der Waals surface area contributed by atoms with Crippen LogP contribution >= 0.6 is 0 Å². The largest absolute Gasteiger partial charge is 0.363 e. The predicted octanol–water partition coefficient (Wildman–Crippen LogP) is 2.35. The maximum Gasteiger partial charge on any atom is 0.253 e. The zero-order chi connectivity index (χ0) is 18.9. The normalized spacial score (nSPS) is 24.4. The number of likely N-dealkylation sites (tertiary alicyclic amines) is 1. The van der Waals surface area contributed by atoms with Gasteiger partial charge in [0.05, 0.1) is 18.3 Å². The molecule has 2 saturated heterocycles. The first-order chi connectivity index (χ1) is 13.0. The molecule has 0 saturated carbocycles. The highest BCUT2D eigenvalue weighted by Crippen LogP contribution is 2.33. The Morgan fingerprint density at radius 3 is 2.78 bits per heavy atom. The highest BCUT2D eigenvalue weighted by molar-refractivity contribution is 5.95. The first-order valence-electron chi connectivity index (χ1n) is 9.43. The average Bonchev–Trinajstić information content (AvgIpc) is 2.97. The van der Waals surface area contributed by atoms with Crippen LogP contribution < -0.4 is 4.90 Å². The van der Waals surface area contributed by atoms with Crippen molar-refractivity contribution in [1.82, 2.24) is 14.7 Å². The Bertz CT molecular complexity index is 807. The van der Waals surface area contributed by atoms with Gasteiger partial charge in [0.15, 0.2) is 0 Å². The number of rotatable bonds is 3. The fourth-order valence-electron chi connectivity index (χ4n) is 4.07. The van der Waals surface area contributed by atoms with Gasteiger partial charge >= 0.3 is 0 Å². The summed E-state index contributed by atoms with van der Waals surface area (Å²) in [6, 6.07) is 6.12. The van der Waals surface area contributed by atoms with Crippen molar-refractivity contribution in [1.29, 1.82) is 0 Å². The number of benzene rings is 1. The van der Waals surface area contributed by atoms with E-state index in [1.54, 1.807) is 17.0 Å². The Morgan fingerprint density at radius 1 is 1.22 bits per heavy atom. The lowest BCUT2D eigenvalue weighted by Crippen LogP contribution is -2.55. The van der Waals surface area contributed by atoms with Gasteiger partial charge in [-0.2, -0.15) is 5.10 Å². The number of ether oxygens (including phenoxy) is 1. The number of amides is 1. The number of aromatic nitrogens is 2. The molecule has 0 radical (unpaired) electrons. The molecule has 1 aromatic heterocycles. The van der Waals surface area contributed by atoms with Crippen molar-refractivity contribution in [2.24, 2.45) is 7.05 Å². The quantitative estimate of drug-likeness (QED) is 0.830. The van der Waals surface area contributed by atoms with Gasteiger partial charge in [-0.15, -0.1) is 0 Å². The summed E-state index contributed by atoms with van der Waals surface area (Å²) in [5, 5.41) is 4.24. The van der Waals surface area contributed by atoms with E-state index in [9.17, 15) is 9.18 Å². The molecule has 27 heavy (non-hydrogen) atoms. The van der Waals surface area contributed by atoms with E-state index in [4.69, 9.17) is 4.74 Å². The molecule has 2 aliphatic rings. The number of carbonyl (C=O) groups excluding carboxylic acids is 1. The monoisotopic (exact) mass is 372 g/mol. The minimum absolute atomic E-state index is 0.0660. The van der Waals surface area contributed by atoms with Gasteiger partial charge in [-0.25, -0.2) is 4.39 Å². The first kappa shape index (κ1) is 18.1. The highest BCUT2D eigenvalue weighted by atomic mass is 19.1. The Labute approximate surface area is 158 Å². The lowest BCUT2D eigenvalue weighted by atomic mass is 9.92. The molecule has 1 unspecified atom stereocenters. The fourth-order valence-corrected chi connectivity index (χ4v) is 4.07. The van der Waals surface area contributed by atoms with E-state index in [-0.39, 0.29) is 23.9 Å². The summed E-state index contributed by atoms with van der Waals surface area (Å²) in [7, 11) is 1.93. The van der Waals surface area contributed by atoms with Crippen molar-refractivity contribution < 1.29 is 13.9 Å². The van der Waals surface area contributed by atoms with Crippen molar-refractivity contribution in [3.63, 3.8) is 0 Å². The van der Waals surface area contributed by atoms with Crippen LogP contribution in [-0.4, -0.2) is 52.4 Å². The molecule has 1 atom stereocenters. The molecule has 0 bridgehead atoms. The molecular weight excluding hydrogens is 347 g/mol. The molecule has 1 spiro atoms. The van der Waals surface area contributed by atoms with Crippen LogP contribution in [0.1, 0.15) is 24.8 Å². The summed E-state index contributed by atoms with van der Waals surface area (Å²) < 4.78 is 21.1. The third kappa shape index (κ3) is 4.04. The summed E-state index contributed by atoms with van der Waals surface area (Å²) >= 11 is 0. The van der Waals surface area contributed by atoms with E-state index in [1.165, 1.54) is 17.7 Å². The maximum atomic E-state index is 13.2. The molecule has 0 N–H and O–H groups in total. The van der Waals surface area contributed by atoms with E-state index in [2.05, 4.69) is 10.00 Å². The fraction of sp³-hybridized carbons (Fsp3) is 0.500. The number of anilines is 1. The highest BCUT2D eigenvalue weighted by Gasteiger charge is 2.41. The second-order valence-electron chi connectivity index (χ2n) is 7.58. The average molecular weight is 372 g/mol. The van der Waals surface area contributed by atoms with Crippen LogP contribution in [0.2, 0.25) is 0 Å². The molecule has 2 fully saturated rings. The predicted molar refractivity (Wildman–Crippen MR) is 99.8 cm³/mol. The van der Waals surface area contributed by atoms with Gasteiger partial charge in [0.25, 0.3) is 5.91 Å². The van der Waals surface area contributed by atoms with E-state index < -0.39 is 0 Å². The van der Waals surface area contributed by atoms with Gasteiger partial charge in [-0.3, -0.25) is 14.4 Å². The standard InChI is InChI=1S/C20H25FN4O2/c1-23-12-16(11-22-23)13-24-9-2-7-20(8-10-24)15-25(19(26)14-27-20)18-5-3-17(21)4-6-18/h3-6,11-12H,2,7-10,13-15H2,1H3. The van der Waals surface area contributed by atoms with Crippen molar-refractivity contribution in [3.8, 4) is 0 Å². The minimum atomic E-state index is -0.327. The summed E-state index contributed by atoms with van der Waals surface area (Å²) in [4.78, 5) is 16.6. The molecule has 6 nitrogen and oxygen atoms in total. The molecule has 2 aliphatic heterocycles. The molecule has 7 heteroatoms. The molecule has 1 amide bonds. The molecule has 144 valence electrons. The number of morpholine rings is 1. The van der Waals surface area contributed by atoms with Gasteiger partial charge in [0.2, 0.25) is 0 Å². The van der Waals surface area contributed by atoms with Crippen molar-refractivity contribution >= 4 is 11.6 Å². The summed E-state index contributed by atoms with van der Waals surface area (Å²) in [5.41, 5.74) is 1.62. The lowest BCUT2D eigenvalue weighted by Gasteiger charge is -2.42. The van der Waals surface area contributed by atoms with Gasteiger partial charge in [-0.1, -0.05) is 0 Å². The van der Waals surface area contributed by atoms with Gasteiger partial charge in [0.1, 0.15) is 12.4 Å². The van der Waals surface area contributed by atoms with Crippen LogP contribution in [0.15, 0.2) is 36.7 Å². The van der Waals surface area contributed by atoms with Crippen LogP contribution in [0, 0.1) is 5.82 Å². The Balaban J connectivity index is 1.44. The Hall–Kier alpha value is -2.25. The molecule has 1 aromatic carbocycles. The SMILES string of the molecule is Cn1cc(CN2CCCC3(CC2)CN(c2ccc(F)cc2)C(=O)CO3)cn1. The molecule has 2 aromatic rings. The number of halogens is 1. The molecule has 4 rings (SSSR count). The second-order valence-corrected chi connectivity index (χ2v) is 7.58. The van der Waals surface area contributed by atoms with Crippen molar-refractivity contribution in [2.45, 2.75) is 31.4 Å². The molecule has 0 aliphatic carbocycles. The third-order valence-electron chi connectivity index (χ3n) is 5.54. The van der Waals surface area contributed by atoms with Crippen LogP contribution in [0.25, 0.3) is 0 Å². The summed E-state index contributed by atoms with van der Waals surface area (Å²) in [6.45, 7) is 3.41. The van der Waals surface area contributed by atoms with Gasteiger partial charge < -0.3 is 9.64 Å². The lowest BCUT2D eigenvalue weighted by molar-refractivity contribution is -0.140. The second kappa shape index (κ2) is 7.40. The maximum absolute atomic E-state index is 13.2. The topological polar surface area (TPSA) is 50.6 Å². The van der Waals surface area contributed by atoms with Crippen LogP contribution in [-0.2, 0) is 23.1 Å². The summed E-state index contributed by atoms with van der Waals surface area (Å²) in [5.74, 6) is -0.363. The van der Waals surface area contributed by atoms with E-state index in [0.717, 1.165) is 44.6 Å². The van der Waals surface area contributed by atoms with Crippen LogP contribution in [0.5, 0.6) is 0 Å². The number of carbonyl (C=O) groups is 1. The zero-order valence-electron chi connectivity index (χ0n) is 15.6. The van der Waals surface area contributed by atoms with E-state index in [1.807, 2.05) is 24.1 Å². The number of nitrogens with zero attached hydrogens (tertiary/aromatic N) is 4. The summed E-state index contributed by atoms with van der Waals surface area (Å²) in [6.07, 6.45) is 6.77. The number of aryl methyl sites for hydroxylation is 1. The van der Waals surface area contributed by atoms with Crippen LogP contribution in [0.3, 0.4) is 0 Å². The molecule has 3 heterocycles. The van der Waals surface area contributed by atoms with E-state index in [0.29, 0.717) is 6.54 Å². The van der Waals surface area contributed by atoms with E-state index >= 15 is 0 Å². The smallest absolute Gasteiger partial charge is 0.253 e. The Morgan fingerprint density at radius 2 is 2.04 bits per heavy atom. The number of hydrogen-bond acceptors (Lipinski definition) is 4. The zero-order valence-corrected chi connectivity index (χ0v) is 15.6. The Kier molecular flexibility index (Phi) is 4.97. The van der Waals surface area contributed by atoms with Crippen molar-refractivity contribution in [3.05, 3.63) is 48.0 Å².